The summed E-state index contributed by atoms with van der Waals surface area (Å²) in [6.45, 7) is -0.0613. The lowest BCUT2D eigenvalue weighted by molar-refractivity contribution is 0.306. The largest absolute Gasteiger partial charge is 0.484 e. The molecule has 1 aromatic rings. The monoisotopic (exact) mass is 312 g/mol. The van der Waals surface area contributed by atoms with Crippen LogP contribution in [0.4, 0.5) is 0 Å². The molecule has 0 unspecified atom stereocenters. The molecule has 0 saturated heterocycles. The Labute approximate surface area is 105 Å². The van der Waals surface area contributed by atoms with Gasteiger partial charge < -0.3 is 15.7 Å². The molecule has 0 atom stereocenters. The minimum Gasteiger partial charge on any atom is -0.484 e. The van der Waals surface area contributed by atoms with E-state index in [1.54, 1.807) is 12.1 Å². The Morgan fingerprint density at radius 2 is 2.13 bits per heavy atom. The number of nitrogens with two attached hydrogens (primary N) is 1. The van der Waals surface area contributed by atoms with E-state index in [1.807, 2.05) is 0 Å². The van der Waals surface area contributed by atoms with Gasteiger partial charge in [-0.05, 0) is 22.0 Å². The fourth-order valence-corrected chi connectivity index (χ4v) is 1.64. The molecule has 1 rings (SSSR count). The van der Waals surface area contributed by atoms with Crippen molar-refractivity contribution in [3.8, 4) is 5.75 Å². The highest BCUT2D eigenvalue weighted by molar-refractivity contribution is 9.10. The van der Waals surface area contributed by atoms with E-state index in [1.165, 1.54) is 0 Å². The number of ether oxygens (including phenoxy) is 1. The maximum Gasteiger partial charge on any atom is 0.177 e. The van der Waals surface area contributed by atoms with Gasteiger partial charge in [0.15, 0.2) is 5.84 Å². The van der Waals surface area contributed by atoms with Gasteiger partial charge in [0.1, 0.15) is 12.4 Å². The first-order valence-electron chi connectivity index (χ1n) is 3.78. The van der Waals surface area contributed by atoms with Crippen molar-refractivity contribution in [3.63, 3.8) is 0 Å². The number of amidine groups is 1. The molecular formula is C8H7BrCl2N2O2. The van der Waals surface area contributed by atoms with E-state index in [-0.39, 0.29) is 12.4 Å². The number of hydrogen-bond acceptors (Lipinski definition) is 3. The lowest BCUT2D eigenvalue weighted by Gasteiger charge is -2.08. The summed E-state index contributed by atoms with van der Waals surface area (Å²) in [5.74, 6) is 0.321. The van der Waals surface area contributed by atoms with Crippen molar-refractivity contribution in [2.24, 2.45) is 10.9 Å². The summed E-state index contributed by atoms with van der Waals surface area (Å²) in [6, 6.07) is 3.14. The quantitative estimate of drug-likeness (QED) is 0.296. The molecule has 3 N–H and O–H groups in total. The van der Waals surface area contributed by atoms with Crippen molar-refractivity contribution in [2.75, 3.05) is 6.61 Å². The second-order valence-electron chi connectivity index (χ2n) is 2.58. The number of benzene rings is 1. The van der Waals surface area contributed by atoms with Crippen LogP contribution in [0.3, 0.4) is 0 Å². The van der Waals surface area contributed by atoms with Crippen molar-refractivity contribution >= 4 is 45.0 Å². The van der Waals surface area contributed by atoms with E-state index in [9.17, 15) is 0 Å². The third-order valence-corrected chi connectivity index (χ3v) is 2.97. The molecule has 0 bridgehead atoms. The van der Waals surface area contributed by atoms with E-state index in [4.69, 9.17) is 38.9 Å². The van der Waals surface area contributed by atoms with Crippen LogP contribution in [0.25, 0.3) is 0 Å². The maximum absolute atomic E-state index is 8.30. The Kier molecular flexibility index (Phi) is 4.50. The van der Waals surface area contributed by atoms with Gasteiger partial charge >= 0.3 is 0 Å². The van der Waals surface area contributed by atoms with Gasteiger partial charge in [0.05, 0.1) is 10.0 Å². The number of rotatable bonds is 3. The maximum atomic E-state index is 8.30. The summed E-state index contributed by atoms with van der Waals surface area (Å²) in [4.78, 5) is 0. The number of halogens is 3. The molecule has 0 heterocycles. The molecule has 0 amide bonds. The molecular weight excluding hydrogens is 307 g/mol. The molecule has 1 aromatic carbocycles. The predicted molar refractivity (Wildman–Crippen MR) is 63.1 cm³/mol. The van der Waals surface area contributed by atoms with E-state index >= 15 is 0 Å². The summed E-state index contributed by atoms with van der Waals surface area (Å²) in [6.07, 6.45) is 0. The van der Waals surface area contributed by atoms with Crippen molar-refractivity contribution in [1.82, 2.24) is 0 Å². The summed E-state index contributed by atoms with van der Waals surface area (Å²) >= 11 is 14.9. The molecule has 0 radical (unpaired) electrons. The average Bonchev–Trinajstić information content (AvgIpc) is 2.21. The average molecular weight is 314 g/mol. The Bertz CT molecular complexity index is 398. The SMILES string of the molecule is N/C(COc1cc(Cl)c(Br)cc1Cl)=N/O. The third-order valence-electron chi connectivity index (χ3n) is 1.48. The Morgan fingerprint density at radius 3 is 2.73 bits per heavy atom. The van der Waals surface area contributed by atoms with Crippen molar-refractivity contribution in [1.29, 1.82) is 0 Å². The van der Waals surface area contributed by atoms with Crippen molar-refractivity contribution in [3.05, 3.63) is 26.7 Å². The van der Waals surface area contributed by atoms with Gasteiger partial charge in [-0.1, -0.05) is 28.4 Å². The molecule has 0 aliphatic carbocycles. The third kappa shape index (κ3) is 3.44. The normalized spacial score (nSPS) is 11.5. The van der Waals surface area contributed by atoms with Crippen LogP contribution in [-0.2, 0) is 0 Å². The summed E-state index contributed by atoms with van der Waals surface area (Å²) in [7, 11) is 0. The van der Waals surface area contributed by atoms with Crippen LogP contribution in [-0.4, -0.2) is 17.6 Å². The standard InChI is InChI=1S/C8H7BrCl2N2O2/c9-4-1-6(11)7(2-5(4)10)15-3-8(12)13-14/h1-2,14H,3H2,(H2,12,13). The second-order valence-corrected chi connectivity index (χ2v) is 4.25. The Morgan fingerprint density at radius 1 is 1.47 bits per heavy atom. The van der Waals surface area contributed by atoms with E-state index in [0.29, 0.717) is 20.3 Å². The molecule has 0 aliphatic rings. The first-order valence-corrected chi connectivity index (χ1v) is 5.33. The van der Waals surface area contributed by atoms with E-state index in [2.05, 4.69) is 21.1 Å². The van der Waals surface area contributed by atoms with Gasteiger partial charge in [-0.25, -0.2) is 0 Å². The van der Waals surface area contributed by atoms with Crippen molar-refractivity contribution < 1.29 is 9.94 Å². The molecule has 4 nitrogen and oxygen atoms in total. The van der Waals surface area contributed by atoms with Gasteiger partial charge in [0, 0.05) is 10.5 Å². The minimum atomic E-state index is -0.0613. The molecule has 0 aliphatic heterocycles. The highest BCUT2D eigenvalue weighted by Gasteiger charge is 2.07. The van der Waals surface area contributed by atoms with Crippen LogP contribution >= 0.6 is 39.1 Å². The van der Waals surface area contributed by atoms with Crippen LogP contribution in [0.1, 0.15) is 0 Å². The fourth-order valence-electron chi connectivity index (χ4n) is 0.795. The van der Waals surface area contributed by atoms with E-state index in [0.717, 1.165) is 0 Å². The Balaban J connectivity index is 2.82. The number of nitrogens with zero attached hydrogens (tertiary/aromatic N) is 1. The zero-order valence-corrected chi connectivity index (χ0v) is 10.5. The smallest absolute Gasteiger partial charge is 0.177 e. The zero-order chi connectivity index (χ0) is 11.4. The first-order chi connectivity index (χ1) is 7.04. The fraction of sp³-hybridized carbons (Fsp3) is 0.125. The molecule has 82 valence electrons. The van der Waals surface area contributed by atoms with Gasteiger partial charge in [-0.15, -0.1) is 0 Å². The van der Waals surface area contributed by atoms with Gasteiger partial charge in [0.25, 0.3) is 0 Å². The lowest BCUT2D eigenvalue weighted by atomic mass is 10.3. The van der Waals surface area contributed by atoms with Crippen LogP contribution in [0.5, 0.6) is 5.75 Å². The predicted octanol–water partition coefficient (Wildman–Crippen LogP) is 2.88. The van der Waals surface area contributed by atoms with Crippen LogP contribution in [0, 0.1) is 0 Å². The molecule has 0 fully saturated rings. The number of hydrogen-bond donors (Lipinski definition) is 2. The second kappa shape index (κ2) is 5.44. The highest BCUT2D eigenvalue weighted by atomic mass is 79.9. The molecule has 0 aromatic heterocycles. The van der Waals surface area contributed by atoms with Crippen LogP contribution in [0.15, 0.2) is 21.8 Å². The van der Waals surface area contributed by atoms with Crippen molar-refractivity contribution in [2.45, 2.75) is 0 Å². The molecule has 15 heavy (non-hydrogen) atoms. The Hall–Kier alpha value is -0.650. The van der Waals surface area contributed by atoms with Gasteiger partial charge in [-0.2, -0.15) is 0 Å². The summed E-state index contributed by atoms with van der Waals surface area (Å²) < 4.78 is 5.84. The van der Waals surface area contributed by atoms with Crippen LogP contribution in [0.2, 0.25) is 10.0 Å². The minimum absolute atomic E-state index is 0.0508. The van der Waals surface area contributed by atoms with Gasteiger partial charge in [-0.3, -0.25) is 0 Å². The number of oxime groups is 1. The summed E-state index contributed by atoms with van der Waals surface area (Å²) in [5.41, 5.74) is 5.23. The lowest BCUT2D eigenvalue weighted by Crippen LogP contribution is -2.20. The molecule has 0 spiro atoms. The highest BCUT2D eigenvalue weighted by Crippen LogP contribution is 2.33. The van der Waals surface area contributed by atoms with Crippen LogP contribution < -0.4 is 10.5 Å². The van der Waals surface area contributed by atoms with E-state index < -0.39 is 0 Å². The zero-order valence-electron chi connectivity index (χ0n) is 7.38. The van der Waals surface area contributed by atoms with Gasteiger partial charge in [0.2, 0.25) is 0 Å². The molecule has 7 heteroatoms. The molecule has 0 saturated carbocycles. The first kappa shape index (κ1) is 12.4. The summed E-state index contributed by atoms with van der Waals surface area (Å²) in [5, 5.41) is 11.9. The topological polar surface area (TPSA) is 67.8 Å².